The summed E-state index contributed by atoms with van der Waals surface area (Å²) in [6, 6.07) is 6.11. The number of hydrogen-bond donors (Lipinski definition) is 2. The molecule has 0 aromatic heterocycles. The quantitative estimate of drug-likeness (QED) is 0.790. The Kier molecular flexibility index (Phi) is 6.10. The standard InChI is InChI=1S/C15H23FN2O2/c1-15(20,11-18(2)3)10-17-14(19)9-6-12-4-7-13(16)8-5-12/h4-5,7-8,20H,6,9-11H2,1-3H3,(H,17,19). The van der Waals surface area contributed by atoms with Crippen LogP contribution < -0.4 is 5.32 Å². The van der Waals surface area contributed by atoms with Crippen LogP contribution in [0.2, 0.25) is 0 Å². The lowest BCUT2D eigenvalue weighted by atomic mass is 10.1. The first-order valence-electron chi connectivity index (χ1n) is 6.67. The smallest absolute Gasteiger partial charge is 0.220 e. The van der Waals surface area contributed by atoms with Gasteiger partial charge in [0.1, 0.15) is 5.82 Å². The number of aliphatic hydroxyl groups is 1. The molecule has 0 radical (unpaired) electrons. The van der Waals surface area contributed by atoms with Crippen LogP contribution in [0.4, 0.5) is 4.39 Å². The maximum Gasteiger partial charge on any atom is 0.220 e. The molecule has 1 unspecified atom stereocenters. The molecule has 2 N–H and O–H groups in total. The van der Waals surface area contributed by atoms with E-state index in [0.717, 1.165) is 5.56 Å². The summed E-state index contributed by atoms with van der Waals surface area (Å²) in [6.45, 7) is 2.38. The molecule has 1 atom stereocenters. The van der Waals surface area contributed by atoms with Crippen molar-refractivity contribution in [2.24, 2.45) is 0 Å². The molecule has 0 aliphatic rings. The molecule has 112 valence electrons. The van der Waals surface area contributed by atoms with Crippen molar-refractivity contribution in [1.29, 1.82) is 0 Å². The fourth-order valence-electron chi connectivity index (χ4n) is 2.02. The Morgan fingerprint density at radius 3 is 2.50 bits per heavy atom. The third-order valence-corrected chi connectivity index (χ3v) is 2.88. The second-order valence-corrected chi connectivity index (χ2v) is 5.64. The van der Waals surface area contributed by atoms with E-state index < -0.39 is 5.60 Å². The highest BCUT2D eigenvalue weighted by atomic mass is 19.1. The minimum atomic E-state index is -0.949. The van der Waals surface area contributed by atoms with E-state index in [1.165, 1.54) is 12.1 Å². The molecule has 1 aromatic rings. The molecule has 0 aliphatic heterocycles. The summed E-state index contributed by atoms with van der Waals surface area (Å²) >= 11 is 0. The minimum Gasteiger partial charge on any atom is -0.387 e. The van der Waals surface area contributed by atoms with E-state index in [1.54, 1.807) is 19.1 Å². The third kappa shape index (κ3) is 6.63. The van der Waals surface area contributed by atoms with E-state index >= 15 is 0 Å². The molecular formula is C15H23FN2O2. The predicted octanol–water partition coefficient (Wildman–Crippen LogP) is 1.19. The van der Waals surface area contributed by atoms with Crippen molar-refractivity contribution in [2.45, 2.75) is 25.4 Å². The highest BCUT2D eigenvalue weighted by molar-refractivity contribution is 5.76. The first-order chi connectivity index (χ1) is 9.28. The lowest BCUT2D eigenvalue weighted by Gasteiger charge is -2.27. The van der Waals surface area contributed by atoms with Crippen molar-refractivity contribution >= 4 is 5.91 Å². The Hall–Kier alpha value is -1.46. The Morgan fingerprint density at radius 2 is 1.95 bits per heavy atom. The predicted molar refractivity (Wildman–Crippen MR) is 76.9 cm³/mol. The SMILES string of the molecule is CN(C)CC(C)(O)CNC(=O)CCc1ccc(F)cc1. The van der Waals surface area contributed by atoms with Crippen LogP contribution in [0.25, 0.3) is 0 Å². The summed E-state index contributed by atoms with van der Waals surface area (Å²) in [7, 11) is 3.73. The zero-order valence-electron chi connectivity index (χ0n) is 12.3. The number of carbonyl (C=O) groups is 1. The van der Waals surface area contributed by atoms with E-state index in [9.17, 15) is 14.3 Å². The fraction of sp³-hybridized carbons (Fsp3) is 0.533. The molecule has 1 aromatic carbocycles. The van der Waals surface area contributed by atoms with Gasteiger partial charge in [-0.3, -0.25) is 4.79 Å². The zero-order chi connectivity index (χ0) is 15.2. The molecule has 20 heavy (non-hydrogen) atoms. The average molecular weight is 282 g/mol. The van der Waals surface area contributed by atoms with Crippen molar-refractivity contribution in [3.63, 3.8) is 0 Å². The van der Waals surface area contributed by atoms with Crippen LogP contribution in [0.1, 0.15) is 18.9 Å². The van der Waals surface area contributed by atoms with Crippen LogP contribution >= 0.6 is 0 Å². The van der Waals surface area contributed by atoms with Gasteiger partial charge in [-0.05, 0) is 45.1 Å². The topological polar surface area (TPSA) is 52.6 Å². The molecule has 0 heterocycles. The summed E-state index contributed by atoms with van der Waals surface area (Å²) in [5, 5.41) is 12.8. The highest BCUT2D eigenvalue weighted by Crippen LogP contribution is 2.06. The van der Waals surface area contributed by atoms with Crippen LogP contribution in [-0.2, 0) is 11.2 Å². The van der Waals surface area contributed by atoms with E-state index in [-0.39, 0.29) is 18.3 Å². The van der Waals surface area contributed by atoms with Crippen LogP contribution in [0, 0.1) is 5.82 Å². The number of hydrogen-bond acceptors (Lipinski definition) is 3. The average Bonchev–Trinajstić information content (AvgIpc) is 2.34. The number of benzene rings is 1. The number of likely N-dealkylation sites (N-methyl/N-ethyl adjacent to an activating group) is 1. The number of halogens is 1. The highest BCUT2D eigenvalue weighted by Gasteiger charge is 2.21. The number of nitrogens with one attached hydrogen (secondary N) is 1. The third-order valence-electron chi connectivity index (χ3n) is 2.88. The number of carbonyl (C=O) groups excluding carboxylic acids is 1. The summed E-state index contributed by atoms with van der Waals surface area (Å²) < 4.78 is 12.7. The fourth-order valence-corrected chi connectivity index (χ4v) is 2.02. The summed E-state index contributed by atoms with van der Waals surface area (Å²) in [5.74, 6) is -0.397. The van der Waals surface area contributed by atoms with Crippen LogP contribution in [-0.4, -0.2) is 48.7 Å². The van der Waals surface area contributed by atoms with Crippen molar-refractivity contribution in [3.8, 4) is 0 Å². The van der Waals surface area contributed by atoms with Crippen LogP contribution in [0.5, 0.6) is 0 Å². The van der Waals surface area contributed by atoms with E-state index in [1.807, 2.05) is 19.0 Å². The molecule has 0 saturated heterocycles. The lowest BCUT2D eigenvalue weighted by molar-refractivity contribution is -0.122. The first kappa shape index (κ1) is 16.6. The Labute approximate surface area is 119 Å². The summed E-state index contributed by atoms with van der Waals surface area (Å²) in [6.07, 6.45) is 0.881. The zero-order valence-corrected chi connectivity index (χ0v) is 12.3. The summed E-state index contributed by atoms with van der Waals surface area (Å²) in [5.41, 5.74) is -0.0312. The van der Waals surface area contributed by atoms with Crippen molar-refractivity contribution in [3.05, 3.63) is 35.6 Å². The number of amides is 1. The van der Waals surface area contributed by atoms with Gasteiger partial charge >= 0.3 is 0 Å². The lowest BCUT2D eigenvalue weighted by Crippen LogP contribution is -2.47. The van der Waals surface area contributed by atoms with E-state index in [0.29, 0.717) is 19.4 Å². The molecule has 1 amide bonds. The Bertz CT molecular complexity index is 430. The molecular weight excluding hydrogens is 259 g/mol. The molecule has 0 bridgehead atoms. The van der Waals surface area contributed by atoms with Gasteiger partial charge < -0.3 is 15.3 Å². The van der Waals surface area contributed by atoms with Crippen molar-refractivity contribution < 1.29 is 14.3 Å². The molecule has 1 rings (SSSR count). The van der Waals surface area contributed by atoms with Gasteiger partial charge in [0.25, 0.3) is 0 Å². The van der Waals surface area contributed by atoms with Crippen LogP contribution in [0.15, 0.2) is 24.3 Å². The first-order valence-corrected chi connectivity index (χ1v) is 6.67. The maximum atomic E-state index is 12.7. The molecule has 0 fully saturated rings. The normalized spacial score (nSPS) is 14.1. The Balaban J connectivity index is 2.32. The van der Waals surface area contributed by atoms with E-state index in [2.05, 4.69) is 5.32 Å². The monoisotopic (exact) mass is 282 g/mol. The van der Waals surface area contributed by atoms with Gasteiger partial charge in [0.05, 0.1) is 5.60 Å². The molecule has 0 spiro atoms. The van der Waals surface area contributed by atoms with Crippen molar-refractivity contribution in [2.75, 3.05) is 27.2 Å². The van der Waals surface area contributed by atoms with Gasteiger partial charge in [-0.2, -0.15) is 0 Å². The Morgan fingerprint density at radius 1 is 1.35 bits per heavy atom. The number of nitrogens with zero attached hydrogens (tertiary/aromatic N) is 1. The minimum absolute atomic E-state index is 0.117. The number of rotatable bonds is 7. The van der Waals surface area contributed by atoms with E-state index in [4.69, 9.17) is 0 Å². The second kappa shape index (κ2) is 7.36. The van der Waals surface area contributed by atoms with Gasteiger partial charge in [0.15, 0.2) is 0 Å². The summed E-state index contributed by atoms with van der Waals surface area (Å²) in [4.78, 5) is 13.6. The van der Waals surface area contributed by atoms with Gasteiger partial charge in [0.2, 0.25) is 5.91 Å². The molecule has 5 heteroatoms. The van der Waals surface area contributed by atoms with Gasteiger partial charge in [-0.15, -0.1) is 0 Å². The maximum absolute atomic E-state index is 12.7. The van der Waals surface area contributed by atoms with Gasteiger partial charge in [-0.1, -0.05) is 12.1 Å². The molecule has 0 aliphatic carbocycles. The van der Waals surface area contributed by atoms with Crippen molar-refractivity contribution in [1.82, 2.24) is 10.2 Å². The number of aryl methyl sites for hydroxylation is 1. The molecule has 4 nitrogen and oxygen atoms in total. The largest absolute Gasteiger partial charge is 0.387 e. The van der Waals surface area contributed by atoms with Gasteiger partial charge in [-0.25, -0.2) is 4.39 Å². The molecule has 0 saturated carbocycles. The van der Waals surface area contributed by atoms with Gasteiger partial charge in [0, 0.05) is 19.5 Å². The second-order valence-electron chi connectivity index (χ2n) is 5.64. The van der Waals surface area contributed by atoms with Crippen LogP contribution in [0.3, 0.4) is 0 Å².